The summed E-state index contributed by atoms with van der Waals surface area (Å²) in [7, 11) is 0. The molecule has 0 unspecified atom stereocenters. The summed E-state index contributed by atoms with van der Waals surface area (Å²) in [6.07, 6.45) is 1.53. The average molecular weight is 289 g/mol. The highest BCUT2D eigenvalue weighted by Crippen LogP contribution is 2.19. The second-order valence-corrected chi connectivity index (χ2v) is 5.44. The predicted octanol–water partition coefficient (Wildman–Crippen LogP) is 1.08. The van der Waals surface area contributed by atoms with Crippen LogP contribution in [-0.2, 0) is 0 Å². The number of nitrogen functional groups attached to an aromatic ring is 1. The Kier molecular flexibility index (Phi) is 3.51. The molecule has 1 fully saturated rings. The fourth-order valence-corrected chi connectivity index (χ4v) is 2.75. The number of nitrogens with two attached hydrogens (primary N) is 1. The van der Waals surface area contributed by atoms with Gasteiger partial charge < -0.3 is 15.5 Å². The van der Waals surface area contributed by atoms with Crippen molar-refractivity contribution in [3.63, 3.8) is 0 Å². The zero-order valence-electron chi connectivity index (χ0n) is 10.9. The minimum atomic E-state index is 0.0250. The van der Waals surface area contributed by atoms with Gasteiger partial charge in [0.2, 0.25) is 0 Å². The fourth-order valence-electron chi connectivity index (χ4n) is 2.27. The van der Waals surface area contributed by atoms with Crippen molar-refractivity contribution >= 4 is 28.8 Å². The quantitative estimate of drug-likeness (QED) is 0.837. The zero-order valence-corrected chi connectivity index (χ0v) is 11.7. The van der Waals surface area contributed by atoms with Crippen LogP contribution in [0, 0.1) is 0 Å². The summed E-state index contributed by atoms with van der Waals surface area (Å²) in [5.74, 6) is 0.0250. The second-order valence-electron chi connectivity index (χ2n) is 4.65. The summed E-state index contributed by atoms with van der Waals surface area (Å²) >= 11 is 1.14. The predicted molar refractivity (Wildman–Crippen MR) is 78.9 cm³/mol. The largest absolute Gasteiger partial charge is 0.399 e. The Hall–Kier alpha value is -2.15. The second kappa shape index (κ2) is 5.46. The van der Waals surface area contributed by atoms with E-state index in [0.29, 0.717) is 18.0 Å². The third-order valence-electron chi connectivity index (χ3n) is 3.40. The maximum atomic E-state index is 12.2. The van der Waals surface area contributed by atoms with Crippen molar-refractivity contribution in [1.82, 2.24) is 14.5 Å². The van der Waals surface area contributed by atoms with Gasteiger partial charge >= 0.3 is 0 Å². The van der Waals surface area contributed by atoms with Gasteiger partial charge in [0.05, 0.1) is 6.20 Å². The number of hydrogen-bond acceptors (Lipinski definition) is 6. The molecule has 1 aliphatic heterocycles. The smallest absolute Gasteiger partial charge is 0.267 e. The molecule has 1 amide bonds. The van der Waals surface area contributed by atoms with Crippen molar-refractivity contribution in [2.24, 2.45) is 0 Å². The van der Waals surface area contributed by atoms with E-state index < -0.39 is 0 Å². The van der Waals surface area contributed by atoms with Crippen LogP contribution in [-0.4, -0.2) is 46.6 Å². The highest BCUT2D eigenvalue weighted by Gasteiger charge is 2.23. The molecule has 0 bridgehead atoms. The molecular formula is C13H15N5OS. The van der Waals surface area contributed by atoms with Crippen LogP contribution < -0.4 is 10.6 Å². The number of benzene rings is 1. The number of rotatable bonds is 2. The SMILES string of the molecule is Nc1ccc(N2CCN(C(=O)c3cnns3)CC2)cc1. The lowest BCUT2D eigenvalue weighted by molar-refractivity contribution is 0.0751. The maximum Gasteiger partial charge on any atom is 0.267 e. The summed E-state index contributed by atoms with van der Waals surface area (Å²) < 4.78 is 3.73. The Morgan fingerprint density at radius 2 is 1.85 bits per heavy atom. The van der Waals surface area contributed by atoms with E-state index in [4.69, 9.17) is 5.73 Å². The van der Waals surface area contributed by atoms with E-state index >= 15 is 0 Å². The van der Waals surface area contributed by atoms with Crippen LogP contribution in [0.3, 0.4) is 0 Å². The molecule has 6 nitrogen and oxygen atoms in total. The summed E-state index contributed by atoms with van der Waals surface area (Å²) in [6.45, 7) is 3.06. The van der Waals surface area contributed by atoms with Gasteiger partial charge in [-0.25, -0.2) is 0 Å². The van der Waals surface area contributed by atoms with Crippen molar-refractivity contribution in [2.75, 3.05) is 36.8 Å². The van der Waals surface area contributed by atoms with Crippen molar-refractivity contribution < 1.29 is 4.79 Å². The molecular weight excluding hydrogens is 274 g/mol. The van der Waals surface area contributed by atoms with Crippen LogP contribution in [0.15, 0.2) is 30.5 Å². The molecule has 20 heavy (non-hydrogen) atoms. The molecule has 0 aliphatic carbocycles. The molecule has 1 aliphatic rings. The normalized spacial score (nSPS) is 15.4. The fraction of sp³-hybridized carbons (Fsp3) is 0.308. The van der Waals surface area contributed by atoms with Gasteiger partial charge in [0.1, 0.15) is 4.88 Å². The number of nitrogens with zero attached hydrogens (tertiary/aromatic N) is 4. The zero-order chi connectivity index (χ0) is 13.9. The highest BCUT2D eigenvalue weighted by molar-refractivity contribution is 7.07. The Balaban J connectivity index is 1.62. The Labute approximate surface area is 121 Å². The monoisotopic (exact) mass is 289 g/mol. The molecule has 1 saturated heterocycles. The number of piperazine rings is 1. The van der Waals surface area contributed by atoms with Crippen molar-refractivity contribution in [3.8, 4) is 0 Å². The van der Waals surface area contributed by atoms with Crippen molar-refractivity contribution in [1.29, 1.82) is 0 Å². The minimum Gasteiger partial charge on any atom is -0.399 e. The van der Waals surface area contributed by atoms with Gasteiger partial charge in [-0.05, 0) is 35.8 Å². The molecule has 0 atom stereocenters. The molecule has 0 radical (unpaired) electrons. The molecule has 2 aromatic rings. The number of aromatic nitrogens is 2. The van der Waals surface area contributed by atoms with Gasteiger partial charge in [-0.3, -0.25) is 4.79 Å². The highest BCUT2D eigenvalue weighted by atomic mass is 32.1. The standard InChI is InChI=1S/C13H15N5OS/c14-10-1-3-11(4-2-10)17-5-7-18(8-6-17)13(19)12-9-15-16-20-12/h1-4,9H,5-8,14H2. The van der Waals surface area contributed by atoms with Gasteiger partial charge in [-0.1, -0.05) is 4.49 Å². The minimum absolute atomic E-state index is 0.0250. The molecule has 2 heterocycles. The molecule has 1 aromatic carbocycles. The van der Waals surface area contributed by atoms with Crippen molar-refractivity contribution in [3.05, 3.63) is 35.3 Å². The lowest BCUT2D eigenvalue weighted by Crippen LogP contribution is -2.48. The van der Waals surface area contributed by atoms with Gasteiger partial charge in [0, 0.05) is 37.6 Å². The summed E-state index contributed by atoms with van der Waals surface area (Å²) in [5.41, 5.74) is 7.60. The first-order chi connectivity index (χ1) is 9.74. The molecule has 7 heteroatoms. The van der Waals surface area contributed by atoms with Crippen LogP contribution in [0.25, 0.3) is 0 Å². The number of carbonyl (C=O) groups excluding carboxylic acids is 1. The summed E-state index contributed by atoms with van der Waals surface area (Å²) in [4.78, 5) is 16.9. The first-order valence-electron chi connectivity index (χ1n) is 6.41. The topological polar surface area (TPSA) is 75.3 Å². The van der Waals surface area contributed by atoms with Crippen molar-refractivity contribution in [2.45, 2.75) is 0 Å². The van der Waals surface area contributed by atoms with Gasteiger partial charge in [-0.2, -0.15) is 0 Å². The number of carbonyl (C=O) groups is 1. The van der Waals surface area contributed by atoms with Crippen LogP contribution in [0.2, 0.25) is 0 Å². The van der Waals surface area contributed by atoms with E-state index in [1.807, 2.05) is 29.2 Å². The number of hydrogen-bond donors (Lipinski definition) is 1. The Bertz CT molecular complexity index is 575. The van der Waals surface area contributed by atoms with Gasteiger partial charge in [0.25, 0.3) is 5.91 Å². The third kappa shape index (κ3) is 2.57. The molecule has 0 saturated carbocycles. The van der Waals surface area contributed by atoms with E-state index in [9.17, 15) is 4.79 Å². The third-order valence-corrected chi connectivity index (χ3v) is 4.05. The lowest BCUT2D eigenvalue weighted by atomic mass is 10.2. The van der Waals surface area contributed by atoms with E-state index in [2.05, 4.69) is 14.5 Å². The molecule has 104 valence electrons. The maximum absolute atomic E-state index is 12.2. The van der Waals surface area contributed by atoms with E-state index in [0.717, 1.165) is 36.0 Å². The molecule has 2 N–H and O–H groups in total. The first kappa shape index (κ1) is 12.9. The first-order valence-corrected chi connectivity index (χ1v) is 7.18. The van der Waals surface area contributed by atoms with Gasteiger partial charge in [0.15, 0.2) is 0 Å². The Morgan fingerprint density at radius 1 is 1.15 bits per heavy atom. The van der Waals surface area contributed by atoms with Crippen LogP contribution in [0.1, 0.15) is 9.67 Å². The summed E-state index contributed by atoms with van der Waals surface area (Å²) in [5, 5.41) is 3.71. The van der Waals surface area contributed by atoms with Crippen LogP contribution >= 0.6 is 11.5 Å². The van der Waals surface area contributed by atoms with E-state index in [1.54, 1.807) is 0 Å². The van der Waals surface area contributed by atoms with Crippen LogP contribution in [0.4, 0.5) is 11.4 Å². The number of anilines is 2. The molecule has 0 spiro atoms. The Morgan fingerprint density at radius 3 is 2.45 bits per heavy atom. The average Bonchev–Trinajstić information content (AvgIpc) is 3.02. The summed E-state index contributed by atoms with van der Waals surface area (Å²) in [6, 6.07) is 7.82. The van der Waals surface area contributed by atoms with E-state index in [-0.39, 0.29) is 5.91 Å². The molecule has 3 rings (SSSR count). The van der Waals surface area contributed by atoms with E-state index in [1.165, 1.54) is 6.20 Å². The molecule has 1 aromatic heterocycles. The lowest BCUT2D eigenvalue weighted by Gasteiger charge is -2.35. The van der Waals surface area contributed by atoms with Gasteiger partial charge in [-0.15, -0.1) is 5.10 Å². The van der Waals surface area contributed by atoms with Crippen LogP contribution in [0.5, 0.6) is 0 Å². The number of amides is 1.